The fraction of sp³-hybridized carbons (Fsp3) is 0.529. The van der Waals surface area contributed by atoms with Gasteiger partial charge in [-0.3, -0.25) is 9.59 Å². The van der Waals surface area contributed by atoms with Crippen LogP contribution in [0.15, 0.2) is 29.2 Å². The zero-order chi connectivity index (χ0) is 19.2. The molecule has 1 unspecified atom stereocenters. The number of benzene rings is 1. The Morgan fingerprint density at radius 1 is 1.26 bits per heavy atom. The van der Waals surface area contributed by atoms with Crippen molar-refractivity contribution in [3.05, 3.63) is 24.3 Å². The average molecular weight is 419 g/mol. The van der Waals surface area contributed by atoms with Gasteiger partial charge in [-0.1, -0.05) is 0 Å². The van der Waals surface area contributed by atoms with Crippen molar-refractivity contribution in [3.63, 3.8) is 0 Å². The number of hydrogen-bond donors (Lipinski definition) is 3. The van der Waals surface area contributed by atoms with Gasteiger partial charge in [-0.15, -0.1) is 12.4 Å². The number of likely N-dealkylation sites (N-methyl/N-ethyl adjacent to an activating group) is 1. The van der Waals surface area contributed by atoms with Crippen molar-refractivity contribution in [2.75, 3.05) is 38.5 Å². The predicted molar refractivity (Wildman–Crippen MR) is 106 cm³/mol. The molecular formula is C17H27ClN4O4S. The molecule has 27 heavy (non-hydrogen) atoms. The molecule has 3 N–H and O–H groups in total. The van der Waals surface area contributed by atoms with Crippen LogP contribution in [0.3, 0.4) is 0 Å². The van der Waals surface area contributed by atoms with Crippen LogP contribution in [0, 0.1) is 5.92 Å². The summed E-state index contributed by atoms with van der Waals surface area (Å²) in [5, 5.41) is 8.62. The lowest BCUT2D eigenvalue weighted by atomic mass is 10.1. The molecule has 2 amide bonds. The molecule has 0 radical (unpaired) electrons. The standard InChI is InChI=1S/C17H26N4O4S.ClH/c1-13(22)20-15-3-5-16(6-4-15)26(24,25)21(2)12-17(23)19-10-8-14-7-9-18-11-14;/h3-6,14,18H,7-12H2,1-2H3,(H,19,23)(H,20,22);1H. The first-order valence-electron chi connectivity index (χ1n) is 8.60. The molecule has 152 valence electrons. The number of halogens is 1. The molecule has 1 atom stereocenters. The maximum absolute atomic E-state index is 12.5. The number of rotatable bonds is 8. The summed E-state index contributed by atoms with van der Waals surface area (Å²) in [6, 6.07) is 5.83. The van der Waals surface area contributed by atoms with E-state index >= 15 is 0 Å². The van der Waals surface area contributed by atoms with Gasteiger partial charge in [0.2, 0.25) is 21.8 Å². The van der Waals surface area contributed by atoms with Crippen LogP contribution in [0.2, 0.25) is 0 Å². The van der Waals surface area contributed by atoms with E-state index in [2.05, 4.69) is 16.0 Å². The largest absolute Gasteiger partial charge is 0.355 e. The number of amides is 2. The summed E-state index contributed by atoms with van der Waals surface area (Å²) in [6.45, 7) is 3.67. The Balaban J connectivity index is 0.00000364. The van der Waals surface area contributed by atoms with Gasteiger partial charge in [0, 0.05) is 26.2 Å². The first-order chi connectivity index (χ1) is 12.3. The smallest absolute Gasteiger partial charge is 0.243 e. The minimum Gasteiger partial charge on any atom is -0.355 e. The van der Waals surface area contributed by atoms with E-state index in [9.17, 15) is 18.0 Å². The third kappa shape index (κ3) is 7.10. The fourth-order valence-electron chi connectivity index (χ4n) is 2.81. The minimum atomic E-state index is -3.77. The molecule has 1 heterocycles. The molecule has 1 aliphatic rings. The van der Waals surface area contributed by atoms with Crippen molar-refractivity contribution in [3.8, 4) is 0 Å². The van der Waals surface area contributed by atoms with Gasteiger partial charge in [-0.25, -0.2) is 8.42 Å². The highest BCUT2D eigenvalue weighted by atomic mass is 35.5. The molecule has 1 aliphatic heterocycles. The lowest BCUT2D eigenvalue weighted by Gasteiger charge is -2.17. The molecule has 0 spiro atoms. The Morgan fingerprint density at radius 3 is 2.48 bits per heavy atom. The lowest BCUT2D eigenvalue weighted by molar-refractivity contribution is -0.121. The Morgan fingerprint density at radius 2 is 1.93 bits per heavy atom. The Hall–Kier alpha value is -1.68. The summed E-state index contributed by atoms with van der Waals surface area (Å²) in [5.41, 5.74) is 0.512. The lowest BCUT2D eigenvalue weighted by Crippen LogP contribution is -2.39. The molecule has 0 aliphatic carbocycles. The Bertz CT molecular complexity index is 734. The van der Waals surface area contributed by atoms with Crippen LogP contribution in [0.25, 0.3) is 0 Å². The second-order valence-electron chi connectivity index (χ2n) is 6.46. The molecule has 1 aromatic rings. The van der Waals surface area contributed by atoms with Crippen LogP contribution >= 0.6 is 12.4 Å². The van der Waals surface area contributed by atoms with Gasteiger partial charge >= 0.3 is 0 Å². The zero-order valence-electron chi connectivity index (χ0n) is 15.5. The second kappa shape index (κ2) is 10.6. The van der Waals surface area contributed by atoms with Crippen LogP contribution in [0.1, 0.15) is 19.8 Å². The van der Waals surface area contributed by atoms with Crippen molar-refractivity contribution >= 4 is 39.9 Å². The number of carbonyl (C=O) groups excluding carboxylic acids is 2. The fourth-order valence-corrected chi connectivity index (χ4v) is 3.94. The van der Waals surface area contributed by atoms with E-state index in [1.807, 2.05) is 0 Å². The summed E-state index contributed by atoms with van der Waals surface area (Å²) in [4.78, 5) is 23.1. The molecule has 10 heteroatoms. The van der Waals surface area contributed by atoms with Gasteiger partial charge in [-0.05, 0) is 56.1 Å². The Labute approximate surface area is 166 Å². The second-order valence-corrected chi connectivity index (χ2v) is 8.51. The Kier molecular flexibility index (Phi) is 9.17. The SMILES string of the molecule is CC(=O)Nc1ccc(S(=O)(=O)N(C)CC(=O)NCCC2CCNC2)cc1.Cl. The summed E-state index contributed by atoms with van der Waals surface area (Å²) in [7, 11) is -2.40. The maximum Gasteiger partial charge on any atom is 0.243 e. The number of hydrogen-bond acceptors (Lipinski definition) is 5. The molecule has 1 saturated heterocycles. The quantitative estimate of drug-likeness (QED) is 0.578. The summed E-state index contributed by atoms with van der Waals surface area (Å²) < 4.78 is 26.1. The van der Waals surface area contributed by atoms with Crippen molar-refractivity contribution < 1.29 is 18.0 Å². The van der Waals surface area contributed by atoms with Crippen LogP contribution < -0.4 is 16.0 Å². The van der Waals surface area contributed by atoms with Crippen LogP contribution in [-0.2, 0) is 19.6 Å². The molecule has 0 saturated carbocycles. The highest BCUT2D eigenvalue weighted by molar-refractivity contribution is 7.89. The number of nitrogens with one attached hydrogen (secondary N) is 3. The number of carbonyl (C=O) groups is 2. The van der Waals surface area contributed by atoms with E-state index in [1.165, 1.54) is 38.2 Å². The summed E-state index contributed by atoms with van der Waals surface area (Å²) in [6.07, 6.45) is 2.00. The highest BCUT2D eigenvalue weighted by Gasteiger charge is 2.23. The average Bonchev–Trinajstić information content (AvgIpc) is 3.08. The minimum absolute atomic E-state index is 0. The maximum atomic E-state index is 12.5. The predicted octanol–water partition coefficient (Wildman–Crippen LogP) is 0.803. The third-order valence-corrected chi connectivity index (χ3v) is 6.10. The van der Waals surface area contributed by atoms with Crippen molar-refractivity contribution in [2.24, 2.45) is 5.92 Å². The molecular weight excluding hydrogens is 392 g/mol. The molecule has 1 aromatic carbocycles. The third-order valence-electron chi connectivity index (χ3n) is 4.29. The van der Waals surface area contributed by atoms with Crippen LogP contribution in [0.5, 0.6) is 0 Å². The topological polar surface area (TPSA) is 108 Å². The van der Waals surface area contributed by atoms with Crippen molar-refractivity contribution in [1.29, 1.82) is 0 Å². The first kappa shape index (κ1) is 23.4. The zero-order valence-corrected chi connectivity index (χ0v) is 17.2. The normalized spacial score (nSPS) is 16.6. The van der Waals surface area contributed by atoms with E-state index in [-0.39, 0.29) is 35.7 Å². The number of anilines is 1. The van der Waals surface area contributed by atoms with Crippen LogP contribution in [-0.4, -0.2) is 57.8 Å². The number of sulfonamides is 1. The van der Waals surface area contributed by atoms with E-state index < -0.39 is 10.0 Å². The van der Waals surface area contributed by atoms with Crippen molar-refractivity contribution in [1.82, 2.24) is 14.9 Å². The molecule has 1 fully saturated rings. The highest BCUT2D eigenvalue weighted by Crippen LogP contribution is 2.17. The van der Waals surface area contributed by atoms with Gasteiger partial charge in [0.15, 0.2) is 0 Å². The summed E-state index contributed by atoms with van der Waals surface area (Å²) >= 11 is 0. The van der Waals surface area contributed by atoms with Gasteiger partial charge in [0.05, 0.1) is 11.4 Å². The van der Waals surface area contributed by atoms with Gasteiger partial charge < -0.3 is 16.0 Å². The molecule has 0 bridgehead atoms. The van der Waals surface area contributed by atoms with Crippen molar-refractivity contribution in [2.45, 2.75) is 24.7 Å². The molecule has 0 aromatic heterocycles. The van der Waals surface area contributed by atoms with Gasteiger partial charge in [0.1, 0.15) is 0 Å². The molecule has 8 nitrogen and oxygen atoms in total. The van der Waals surface area contributed by atoms with E-state index in [1.54, 1.807) is 0 Å². The summed E-state index contributed by atoms with van der Waals surface area (Å²) in [5.74, 6) is 0.0126. The monoisotopic (exact) mass is 418 g/mol. The van der Waals surface area contributed by atoms with Gasteiger partial charge in [0.25, 0.3) is 0 Å². The van der Waals surface area contributed by atoms with E-state index in [0.29, 0.717) is 18.2 Å². The first-order valence-corrected chi connectivity index (χ1v) is 10.0. The number of nitrogens with zero attached hydrogens (tertiary/aromatic N) is 1. The van der Waals surface area contributed by atoms with E-state index in [0.717, 1.165) is 30.2 Å². The van der Waals surface area contributed by atoms with Crippen LogP contribution in [0.4, 0.5) is 5.69 Å². The van der Waals surface area contributed by atoms with Gasteiger partial charge in [-0.2, -0.15) is 4.31 Å². The molecule has 2 rings (SSSR count). The van der Waals surface area contributed by atoms with E-state index in [4.69, 9.17) is 0 Å².